The summed E-state index contributed by atoms with van der Waals surface area (Å²) in [6.45, 7) is 0.609. The van der Waals surface area contributed by atoms with Gasteiger partial charge in [0.15, 0.2) is 0 Å². The van der Waals surface area contributed by atoms with Crippen molar-refractivity contribution in [2.24, 2.45) is 0 Å². The van der Waals surface area contributed by atoms with Crippen molar-refractivity contribution in [3.05, 3.63) is 394 Å². The number of anilines is 4. The van der Waals surface area contributed by atoms with E-state index in [1.54, 1.807) is 0 Å². The highest BCUT2D eigenvalue weighted by Gasteiger charge is 2.35. The van der Waals surface area contributed by atoms with Crippen molar-refractivity contribution in [3.63, 3.8) is 0 Å². The van der Waals surface area contributed by atoms with E-state index in [-0.39, 0.29) is 50.1 Å². The number of carbonyl (C=O) groups is 4. The van der Waals surface area contributed by atoms with Gasteiger partial charge in [-0.2, -0.15) is 0 Å². The molecule has 4 amide bonds. The Kier molecular flexibility index (Phi) is 17.1. The molecule has 562 valence electrons. The Bertz CT molecular complexity index is 5840. The monoisotopic (exact) mass is 1510 g/mol. The molecule has 17 aromatic rings. The van der Waals surface area contributed by atoms with Crippen LogP contribution in [0, 0.1) is 0 Å². The molecule has 0 bridgehead atoms. The zero-order valence-electron chi connectivity index (χ0n) is 62.6. The molecular weight excluding hydrogens is 1440 g/mol. The Morgan fingerprint density at radius 3 is 0.638 bits per heavy atom. The van der Waals surface area contributed by atoms with Crippen LogP contribution in [0.5, 0.6) is 0 Å². The van der Waals surface area contributed by atoms with Crippen LogP contribution < -0.4 is 21.3 Å². The topological polar surface area (TPSA) is 216 Å². The van der Waals surface area contributed by atoms with Gasteiger partial charge >= 0.3 is 24.4 Å². The van der Waals surface area contributed by atoms with Crippen molar-refractivity contribution < 1.29 is 38.1 Å². The minimum atomic E-state index is -0.574. The molecule has 4 aromatic heterocycles. The van der Waals surface area contributed by atoms with Gasteiger partial charge in [0.1, 0.15) is 26.4 Å². The molecule has 116 heavy (non-hydrogen) atoms. The highest BCUT2D eigenvalue weighted by atomic mass is 16.6. The molecule has 21 rings (SSSR count). The number of carbonyl (C=O) groups excluding carboxylic acids is 4. The van der Waals surface area contributed by atoms with Crippen LogP contribution in [-0.4, -0.2) is 70.7 Å². The molecule has 13 aromatic carbocycles. The van der Waals surface area contributed by atoms with Crippen molar-refractivity contribution >= 4 is 90.7 Å². The first-order valence-electron chi connectivity index (χ1n) is 39.2. The fourth-order valence-electron chi connectivity index (χ4n) is 18.8. The Morgan fingerprint density at radius 1 is 0.250 bits per heavy atom. The van der Waals surface area contributed by atoms with E-state index in [9.17, 15) is 19.2 Å². The summed E-state index contributed by atoms with van der Waals surface area (Å²) in [7, 11) is 0. The Labute approximate surface area is 666 Å². The van der Waals surface area contributed by atoms with Crippen molar-refractivity contribution in [1.82, 2.24) is 19.9 Å². The Morgan fingerprint density at radius 2 is 0.440 bits per heavy atom. The van der Waals surface area contributed by atoms with Gasteiger partial charge in [-0.15, -0.1) is 0 Å². The highest BCUT2D eigenvalue weighted by molar-refractivity contribution is 5.99. The number of amides is 4. The van der Waals surface area contributed by atoms with Crippen LogP contribution >= 0.6 is 0 Å². The van der Waals surface area contributed by atoms with Gasteiger partial charge in [-0.05, 0) is 195 Å². The Hall–Kier alpha value is -14.9. The largest absolute Gasteiger partial charge is 0.448 e. The maximum atomic E-state index is 14.1. The minimum absolute atomic E-state index is 0.122. The summed E-state index contributed by atoms with van der Waals surface area (Å²) in [4.78, 5) is 70.7. The van der Waals surface area contributed by atoms with Gasteiger partial charge in [0.25, 0.3) is 0 Å². The fraction of sp³-hybridized carbons (Fsp3) is 0.100. The molecule has 16 nitrogen and oxygen atoms in total. The number of hydrogen-bond acceptors (Lipinski definition) is 8. The third-order valence-corrected chi connectivity index (χ3v) is 24.1. The van der Waals surface area contributed by atoms with Gasteiger partial charge in [-0.25, -0.2) is 19.2 Å². The van der Waals surface area contributed by atoms with Crippen molar-refractivity contribution in [2.75, 3.05) is 47.7 Å². The van der Waals surface area contributed by atoms with E-state index in [2.05, 4.69) is 163 Å². The third kappa shape index (κ3) is 12.2. The normalized spacial score (nSPS) is 13.1. The zero-order chi connectivity index (χ0) is 77.5. The van der Waals surface area contributed by atoms with Crippen LogP contribution in [0.2, 0.25) is 0 Å². The van der Waals surface area contributed by atoms with Gasteiger partial charge in [0.2, 0.25) is 0 Å². The second-order valence-electron chi connectivity index (χ2n) is 30.4. The number of hydrogen-bond donors (Lipinski definition) is 8. The minimum Gasteiger partial charge on any atom is -0.448 e. The number of aromatic nitrogens is 4. The third-order valence-electron chi connectivity index (χ3n) is 24.1. The molecule has 4 aliphatic rings. The number of benzene rings is 13. The molecule has 4 heterocycles. The summed E-state index contributed by atoms with van der Waals surface area (Å²) in [5.41, 5.74) is 29.2. The first-order valence-corrected chi connectivity index (χ1v) is 39.2. The number of H-pyrrole nitrogens is 4. The second kappa shape index (κ2) is 28.7. The van der Waals surface area contributed by atoms with E-state index in [0.717, 1.165) is 166 Å². The van der Waals surface area contributed by atoms with E-state index >= 15 is 0 Å². The second-order valence-corrected chi connectivity index (χ2v) is 30.4. The fourth-order valence-corrected chi connectivity index (χ4v) is 18.8. The summed E-state index contributed by atoms with van der Waals surface area (Å²) < 4.78 is 24.4. The molecule has 0 saturated heterocycles. The number of ether oxygens (including phenoxy) is 4. The summed E-state index contributed by atoms with van der Waals surface area (Å²) in [5, 5.41) is 15.8. The molecule has 4 aliphatic carbocycles. The predicted molar refractivity (Wildman–Crippen MR) is 456 cm³/mol. The van der Waals surface area contributed by atoms with Crippen LogP contribution in [0.4, 0.5) is 41.9 Å². The van der Waals surface area contributed by atoms with Crippen LogP contribution in [-0.2, 0) is 18.9 Å². The molecule has 0 unspecified atom stereocenters. The molecule has 0 spiro atoms. The van der Waals surface area contributed by atoms with Gasteiger partial charge < -0.3 is 38.9 Å². The average Bonchev–Trinajstić information content (AvgIpc) is 1.67. The molecule has 8 N–H and O–H groups in total. The molecule has 0 radical (unpaired) electrons. The van der Waals surface area contributed by atoms with Gasteiger partial charge in [-0.1, -0.05) is 218 Å². The van der Waals surface area contributed by atoms with E-state index in [1.165, 1.54) is 0 Å². The van der Waals surface area contributed by atoms with Crippen molar-refractivity contribution in [3.8, 4) is 44.5 Å². The van der Waals surface area contributed by atoms with Crippen LogP contribution in [0.3, 0.4) is 0 Å². The summed E-state index contributed by atoms with van der Waals surface area (Å²) in [6.07, 6.45) is 5.82. The highest BCUT2D eigenvalue weighted by Crippen LogP contribution is 2.51. The van der Waals surface area contributed by atoms with Gasteiger partial charge in [0.05, 0.1) is 0 Å². The van der Waals surface area contributed by atoms with E-state index in [4.69, 9.17) is 18.9 Å². The maximum absolute atomic E-state index is 14.1. The van der Waals surface area contributed by atoms with Crippen LogP contribution in [0.25, 0.3) is 88.1 Å². The van der Waals surface area contributed by atoms with E-state index in [1.807, 2.05) is 195 Å². The van der Waals surface area contributed by atoms with E-state index in [0.29, 0.717) is 22.7 Å². The average molecular weight is 1520 g/mol. The van der Waals surface area contributed by atoms with Crippen molar-refractivity contribution in [2.45, 2.75) is 35.5 Å². The number of fused-ring (bicyclic) bond motifs is 16. The molecular formula is C100H74N8O8. The Balaban J connectivity index is 0.626. The molecule has 0 atom stereocenters. The number of rotatable bonds is 18. The molecule has 0 aliphatic heterocycles. The molecule has 16 heteroatoms. The smallest absolute Gasteiger partial charge is 0.411 e. The van der Waals surface area contributed by atoms with Crippen LogP contribution in [0.1, 0.15) is 113 Å². The van der Waals surface area contributed by atoms with Crippen LogP contribution in [0.15, 0.2) is 316 Å². The maximum Gasteiger partial charge on any atom is 0.411 e. The standard InChI is InChI=1S/C100H74N8O8/c109-97(113-53-87-71-25-9-1-17-63(71)64-18-2-10-26-72(64)87)105-59-37-41-91-79(45-59)83(49-101-91)95(84-50-102-92-42-38-60(46-80(84)92)106-98(110)114-54-88-73-27-11-3-19-65(73)66-20-4-12-28-74(66)88)57-33-35-58(36-34-57)96(85-51-103-93-43-39-61(47-81(85)93)107-99(111)115-55-89-75-29-13-5-21-67(75)68-22-6-14-30-76(68)89)86-52-104-94-44-40-62(48-82(86)94)108-100(112)116-56-90-77-31-15-7-23-69(77)70-24-8-16-32-78(70)90/h1-52,87-90,95-96,101-104H,53-56H2,(H,105,109)(H,106,110)(H,107,111)(H,108,112). The number of nitrogens with one attached hydrogen (secondary N) is 8. The predicted octanol–water partition coefficient (Wildman–Crippen LogP) is 23.4. The SMILES string of the molecule is O=C(Nc1ccc2[nH]cc(C(c3ccc(C(c4c[nH]c5ccc(NC(=O)OCC6c7ccccc7-c7ccccc76)cc45)c4c[nH]c5ccc(NC(=O)OCC6c7ccccc7-c7ccccc76)cc45)cc3)c3c[nH]c4ccc(NC(=O)OCC5c6ccccc6-c6ccccc65)cc34)c2c1)OCC1c2ccccc2-c2ccccc21. The zero-order valence-corrected chi connectivity index (χ0v) is 62.6. The summed E-state index contributed by atoms with van der Waals surface area (Å²) in [5.74, 6) is -1.44. The lowest BCUT2D eigenvalue weighted by atomic mass is 9.81. The van der Waals surface area contributed by atoms with Gasteiger partial charge in [-0.3, -0.25) is 21.3 Å². The lowest BCUT2D eigenvalue weighted by Crippen LogP contribution is -2.18. The molecule has 0 saturated carbocycles. The quantitative estimate of drug-likeness (QED) is 0.0386. The van der Waals surface area contributed by atoms with Crippen molar-refractivity contribution in [1.29, 1.82) is 0 Å². The lowest BCUT2D eigenvalue weighted by Gasteiger charge is -2.21. The first-order chi connectivity index (χ1) is 57.1. The van der Waals surface area contributed by atoms with Gasteiger partial charge in [0, 0.05) is 127 Å². The first kappa shape index (κ1) is 69.1. The summed E-state index contributed by atoms with van der Waals surface area (Å²) >= 11 is 0. The summed E-state index contributed by atoms with van der Waals surface area (Å²) in [6, 6.07) is 98.2. The molecule has 0 fully saturated rings. The lowest BCUT2D eigenvalue weighted by molar-refractivity contribution is 0.157. The van der Waals surface area contributed by atoms with E-state index < -0.39 is 36.2 Å². The number of aromatic amines is 4.